The van der Waals surface area contributed by atoms with Crippen LogP contribution in [0.15, 0.2) is 28.7 Å². The van der Waals surface area contributed by atoms with Crippen molar-refractivity contribution in [3.8, 4) is 0 Å². The molecular formula is C16H22BrNO2. The fourth-order valence-electron chi connectivity index (χ4n) is 2.13. The van der Waals surface area contributed by atoms with Crippen LogP contribution in [0.25, 0.3) is 6.08 Å². The number of aliphatic carboxylic acids is 1. The zero-order valence-corrected chi connectivity index (χ0v) is 13.9. The van der Waals surface area contributed by atoms with E-state index in [4.69, 9.17) is 5.11 Å². The molecule has 4 heteroatoms. The highest BCUT2D eigenvalue weighted by atomic mass is 79.9. The summed E-state index contributed by atoms with van der Waals surface area (Å²) < 4.78 is 0.951. The minimum atomic E-state index is -0.929. The zero-order valence-electron chi connectivity index (χ0n) is 12.3. The van der Waals surface area contributed by atoms with Crippen molar-refractivity contribution >= 4 is 33.7 Å². The number of hydrogen-bond donors (Lipinski definition) is 1. The maximum Gasteiger partial charge on any atom is 0.328 e. The van der Waals surface area contributed by atoms with E-state index in [0.717, 1.165) is 35.2 Å². The molecule has 20 heavy (non-hydrogen) atoms. The molecule has 0 atom stereocenters. The molecular weight excluding hydrogens is 318 g/mol. The molecule has 0 aliphatic heterocycles. The minimum absolute atomic E-state index is 0.557. The topological polar surface area (TPSA) is 40.5 Å². The highest BCUT2D eigenvalue weighted by Gasteiger charge is 2.11. The molecule has 0 amide bonds. The van der Waals surface area contributed by atoms with Crippen LogP contribution in [0.5, 0.6) is 0 Å². The molecule has 1 aromatic rings. The lowest BCUT2D eigenvalue weighted by Gasteiger charge is -2.28. The van der Waals surface area contributed by atoms with Crippen molar-refractivity contribution in [2.75, 3.05) is 18.0 Å². The van der Waals surface area contributed by atoms with Crippen LogP contribution in [-0.2, 0) is 4.79 Å². The van der Waals surface area contributed by atoms with Gasteiger partial charge in [-0.2, -0.15) is 0 Å². The molecule has 1 rings (SSSR count). The minimum Gasteiger partial charge on any atom is -0.478 e. The van der Waals surface area contributed by atoms with E-state index >= 15 is 0 Å². The van der Waals surface area contributed by atoms with Crippen LogP contribution in [0.2, 0.25) is 0 Å². The largest absolute Gasteiger partial charge is 0.478 e. The van der Waals surface area contributed by atoms with Crippen molar-refractivity contribution in [1.82, 2.24) is 0 Å². The Kier molecular flexibility index (Phi) is 6.79. The maximum atomic E-state index is 10.7. The molecule has 0 saturated carbocycles. The molecule has 1 N–H and O–H groups in total. The Balaban J connectivity index is 3.15. The Bertz CT molecular complexity index is 483. The van der Waals surface area contributed by atoms with E-state index in [2.05, 4.69) is 41.6 Å². The second kappa shape index (κ2) is 8.10. The summed E-state index contributed by atoms with van der Waals surface area (Å²) in [5.74, 6) is -0.372. The summed E-state index contributed by atoms with van der Waals surface area (Å²) in [5, 5.41) is 8.81. The lowest BCUT2D eigenvalue weighted by Crippen LogP contribution is -2.29. The predicted octanol–water partition coefficient (Wildman–Crippen LogP) is 4.42. The summed E-state index contributed by atoms with van der Waals surface area (Å²) in [6.07, 6.45) is 3.90. The van der Waals surface area contributed by atoms with E-state index < -0.39 is 5.97 Å². The summed E-state index contributed by atoms with van der Waals surface area (Å²) in [6, 6.07) is 6.00. The Morgan fingerprint density at radius 1 is 1.45 bits per heavy atom. The van der Waals surface area contributed by atoms with Crippen LogP contribution in [0.4, 0.5) is 5.69 Å². The number of nitrogens with zero attached hydrogens (tertiary/aromatic N) is 1. The smallest absolute Gasteiger partial charge is 0.328 e. The first-order valence-electron chi connectivity index (χ1n) is 6.89. The van der Waals surface area contributed by atoms with Crippen molar-refractivity contribution in [1.29, 1.82) is 0 Å². The fraction of sp³-hybridized carbons (Fsp3) is 0.438. The second-order valence-electron chi connectivity index (χ2n) is 5.21. The van der Waals surface area contributed by atoms with Gasteiger partial charge in [-0.3, -0.25) is 0 Å². The molecule has 0 radical (unpaired) electrons. The first-order chi connectivity index (χ1) is 9.43. The van der Waals surface area contributed by atoms with Gasteiger partial charge in [0.2, 0.25) is 0 Å². The van der Waals surface area contributed by atoms with Gasteiger partial charge in [0.15, 0.2) is 0 Å². The van der Waals surface area contributed by atoms with Gasteiger partial charge >= 0.3 is 5.97 Å². The molecule has 3 nitrogen and oxygen atoms in total. The molecule has 110 valence electrons. The summed E-state index contributed by atoms with van der Waals surface area (Å²) in [7, 11) is 0. The highest BCUT2D eigenvalue weighted by molar-refractivity contribution is 9.10. The average Bonchev–Trinajstić information content (AvgIpc) is 2.35. The van der Waals surface area contributed by atoms with E-state index in [1.165, 1.54) is 6.08 Å². The van der Waals surface area contributed by atoms with Gasteiger partial charge in [0, 0.05) is 29.3 Å². The SMILES string of the molecule is CCCN(CC(C)C)c1ccc(Br)cc1/C=C/C(=O)O. The van der Waals surface area contributed by atoms with Crippen LogP contribution in [0, 0.1) is 5.92 Å². The molecule has 0 aromatic heterocycles. The van der Waals surface area contributed by atoms with Crippen molar-refractivity contribution in [2.45, 2.75) is 27.2 Å². The Labute approximate surface area is 129 Å². The second-order valence-corrected chi connectivity index (χ2v) is 6.13. The number of hydrogen-bond acceptors (Lipinski definition) is 2. The van der Waals surface area contributed by atoms with Crippen molar-refractivity contribution in [3.05, 3.63) is 34.3 Å². The molecule has 0 fully saturated rings. The maximum absolute atomic E-state index is 10.7. The third-order valence-corrected chi connectivity index (χ3v) is 3.31. The van der Waals surface area contributed by atoms with Crippen LogP contribution in [-0.4, -0.2) is 24.2 Å². The van der Waals surface area contributed by atoms with Gasteiger partial charge in [-0.05, 0) is 42.2 Å². The van der Waals surface area contributed by atoms with Gasteiger partial charge in [-0.15, -0.1) is 0 Å². The summed E-state index contributed by atoms with van der Waals surface area (Å²) in [5.41, 5.74) is 2.01. The molecule has 0 aliphatic rings. The number of carbonyl (C=O) groups is 1. The monoisotopic (exact) mass is 339 g/mol. The lowest BCUT2D eigenvalue weighted by molar-refractivity contribution is -0.131. The zero-order chi connectivity index (χ0) is 15.1. The van der Waals surface area contributed by atoms with E-state index in [1.54, 1.807) is 6.08 Å². The highest BCUT2D eigenvalue weighted by Crippen LogP contribution is 2.27. The molecule has 0 spiro atoms. The van der Waals surface area contributed by atoms with Gasteiger partial charge in [0.05, 0.1) is 0 Å². The van der Waals surface area contributed by atoms with Gasteiger partial charge in [0.25, 0.3) is 0 Å². The predicted molar refractivity (Wildman–Crippen MR) is 88.2 cm³/mol. The van der Waals surface area contributed by atoms with Crippen molar-refractivity contribution < 1.29 is 9.90 Å². The Hall–Kier alpha value is -1.29. The molecule has 0 saturated heterocycles. The number of halogens is 1. The first-order valence-corrected chi connectivity index (χ1v) is 7.68. The summed E-state index contributed by atoms with van der Waals surface area (Å²) in [4.78, 5) is 13.0. The van der Waals surface area contributed by atoms with Gasteiger partial charge in [-0.1, -0.05) is 36.7 Å². The van der Waals surface area contributed by atoms with Gasteiger partial charge in [0.1, 0.15) is 0 Å². The third kappa shape index (κ3) is 5.37. The Morgan fingerprint density at radius 2 is 2.15 bits per heavy atom. The van der Waals surface area contributed by atoms with E-state index in [0.29, 0.717) is 5.92 Å². The molecule has 0 unspecified atom stereocenters. The summed E-state index contributed by atoms with van der Waals surface area (Å²) in [6.45, 7) is 8.46. The van der Waals surface area contributed by atoms with Crippen molar-refractivity contribution in [2.24, 2.45) is 5.92 Å². The normalized spacial score (nSPS) is 11.2. The number of carboxylic acid groups (broad SMARTS) is 1. The number of anilines is 1. The quantitative estimate of drug-likeness (QED) is 0.747. The average molecular weight is 340 g/mol. The van der Waals surface area contributed by atoms with Crippen LogP contribution < -0.4 is 4.90 Å². The first kappa shape index (κ1) is 16.8. The number of carboxylic acids is 1. The lowest BCUT2D eigenvalue weighted by atomic mass is 10.1. The fourth-order valence-corrected chi connectivity index (χ4v) is 2.51. The van der Waals surface area contributed by atoms with Crippen LogP contribution in [0.3, 0.4) is 0 Å². The third-order valence-electron chi connectivity index (χ3n) is 2.81. The Morgan fingerprint density at radius 3 is 2.70 bits per heavy atom. The molecule has 0 aliphatic carbocycles. The van der Waals surface area contributed by atoms with Crippen molar-refractivity contribution in [3.63, 3.8) is 0 Å². The molecule has 0 bridgehead atoms. The van der Waals surface area contributed by atoms with E-state index in [1.807, 2.05) is 18.2 Å². The summed E-state index contributed by atoms with van der Waals surface area (Å²) >= 11 is 3.44. The van der Waals surface area contributed by atoms with Crippen LogP contribution in [0.1, 0.15) is 32.8 Å². The van der Waals surface area contributed by atoms with Crippen LogP contribution >= 0.6 is 15.9 Å². The van der Waals surface area contributed by atoms with E-state index in [9.17, 15) is 4.79 Å². The number of rotatable bonds is 7. The van der Waals surface area contributed by atoms with Gasteiger partial charge < -0.3 is 10.0 Å². The van der Waals surface area contributed by atoms with Gasteiger partial charge in [-0.25, -0.2) is 4.79 Å². The number of benzene rings is 1. The standard InChI is InChI=1S/C16H22BrNO2/c1-4-9-18(11-12(2)3)15-7-6-14(17)10-13(15)5-8-16(19)20/h5-8,10,12H,4,9,11H2,1-3H3,(H,19,20)/b8-5+. The van der Waals surface area contributed by atoms with E-state index in [-0.39, 0.29) is 0 Å². The molecule has 1 aromatic carbocycles. The molecule has 0 heterocycles.